The molecule has 2 N–H and O–H groups in total. The lowest BCUT2D eigenvalue weighted by Crippen LogP contribution is -2.40. The number of ether oxygens (including phenoxy) is 1. The van der Waals surface area contributed by atoms with Crippen molar-refractivity contribution in [2.45, 2.75) is 40.7 Å². The Morgan fingerprint density at radius 1 is 1.29 bits per heavy atom. The number of amides is 1. The number of benzene rings is 1. The number of hydrogen-bond donors (Lipinski definition) is 1. The van der Waals surface area contributed by atoms with Gasteiger partial charge in [0, 0.05) is 18.7 Å². The van der Waals surface area contributed by atoms with Gasteiger partial charge in [0.2, 0.25) is 0 Å². The Morgan fingerprint density at radius 3 is 2.14 bits per heavy atom. The molecule has 0 heterocycles. The van der Waals surface area contributed by atoms with E-state index >= 15 is 0 Å². The summed E-state index contributed by atoms with van der Waals surface area (Å²) in [4.78, 5) is 14.4. The molecule has 1 amide bonds. The van der Waals surface area contributed by atoms with Crippen molar-refractivity contribution in [2.75, 3.05) is 13.1 Å². The minimum absolute atomic E-state index is 0.00257. The first-order chi connectivity index (χ1) is 9.81. The van der Waals surface area contributed by atoms with Crippen molar-refractivity contribution >= 4 is 23.1 Å². The van der Waals surface area contributed by atoms with Crippen LogP contribution in [-0.4, -0.2) is 35.0 Å². The molecule has 0 saturated carbocycles. The Labute approximate surface area is 132 Å². The summed E-state index contributed by atoms with van der Waals surface area (Å²) in [6.07, 6.45) is -0.516. The minimum Gasteiger partial charge on any atom is -0.480 e. The molecule has 1 rings (SSSR count). The first kappa shape index (κ1) is 17.4. The maximum Gasteiger partial charge on any atom is 0.263 e. The highest BCUT2D eigenvalue weighted by Crippen LogP contribution is 2.26. The quantitative estimate of drug-likeness (QED) is 0.821. The van der Waals surface area contributed by atoms with E-state index in [0.29, 0.717) is 18.1 Å². The lowest BCUT2D eigenvalue weighted by Gasteiger charge is -2.24. The first-order valence-corrected chi connectivity index (χ1v) is 7.59. The summed E-state index contributed by atoms with van der Waals surface area (Å²) in [5.41, 5.74) is 8.33. The van der Waals surface area contributed by atoms with Crippen molar-refractivity contribution in [2.24, 2.45) is 5.73 Å². The number of nitrogens with zero attached hydrogens (tertiary/aromatic N) is 1. The number of hydrogen-bond acceptors (Lipinski definition) is 3. The van der Waals surface area contributed by atoms with Crippen LogP contribution in [0.5, 0.6) is 5.75 Å². The van der Waals surface area contributed by atoms with Crippen LogP contribution in [0.4, 0.5) is 0 Å². The summed E-state index contributed by atoms with van der Waals surface area (Å²) in [6.45, 7) is 10.9. The fourth-order valence-corrected chi connectivity index (χ4v) is 2.42. The van der Waals surface area contributed by atoms with Crippen LogP contribution in [0.1, 0.15) is 37.5 Å². The van der Waals surface area contributed by atoms with Crippen LogP contribution < -0.4 is 10.5 Å². The molecule has 0 saturated heterocycles. The maximum atomic E-state index is 12.3. The summed E-state index contributed by atoms with van der Waals surface area (Å²) < 4.78 is 5.88. The summed E-state index contributed by atoms with van der Waals surface area (Å²) in [5.74, 6) is 0.722. The molecule has 0 fully saturated rings. The molecule has 1 aromatic rings. The molecule has 0 bridgehead atoms. The fraction of sp³-hybridized carbons (Fsp3) is 0.500. The van der Waals surface area contributed by atoms with E-state index in [1.165, 1.54) is 0 Å². The predicted molar refractivity (Wildman–Crippen MR) is 89.8 cm³/mol. The third-order valence-electron chi connectivity index (χ3n) is 3.46. The number of likely N-dealkylation sites (N-methyl/N-ethyl adjacent to an activating group) is 1. The fourth-order valence-electron chi connectivity index (χ4n) is 2.30. The Balaban J connectivity index is 2.98. The van der Waals surface area contributed by atoms with Gasteiger partial charge in [0.1, 0.15) is 10.7 Å². The van der Waals surface area contributed by atoms with E-state index in [1.54, 1.807) is 11.8 Å². The summed E-state index contributed by atoms with van der Waals surface area (Å²) in [7, 11) is 0. The van der Waals surface area contributed by atoms with Gasteiger partial charge in [-0.15, -0.1) is 0 Å². The molecule has 0 aromatic heterocycles. The van der Waals surface area contributed by atoms with Crippen molar-refractivity contribution in [3.8, 4) is 5.75 Å². The highest BCUT2D eigenvalue weighted by atomic mass is 32.1. The van der Waals surface area contributed by atoms with Gasteiger partial charge in [-0.05, 0) is 57.9 Å². The van der Waals surface area contributed by atoms with Gasteiger partial charge < -0.3 is 15.4 Å². The number of carbonyl (C=O) groups is 1. The standard InChI is InChI=1S/C16H24N2O2S/c1-6-18(7-2)16(19)12(5)20-14-10(3)8-13(15(17)21)9-11(14)4/h8-9,12H,6-7H2,1-5H3,(H2,17,21). The zero-order chi connectivity index (χ0) is 16.2. The lowest BCUT2D eigenvalue weighted by atomic mass is 10.1. The molecular weight excluding hydrogens is 284 g/mol. The van der Waals surface area contributed by atoms with Gasteiger partial charge in [0.25, 0.3) is 5.91 Å². The maximum absolute atomic E-state index is 12.3. The van der Waals surface area contributed by atoms with Gasteiger partial charge in [-0.25, -0.2) is 0 Å². The Hall–Kier alpha value is -1.62. The Morgan fingerprint density at radius 2 is 1.76 bits per heavy atom. The van der Waals surface area contributed by atoms with Crippen molar-refractivity contribution in [3.05, 3.63) is 28.8 Å². The van der Waals surface area contributed by atoms with E-state index in [0.717, 1.165) is 22.4 Å². The van der Waals surface area contributed by atoms with Crippen molar-refractivity contribution in [1.29, 1.82) is 0 Å². The van der Waals surface area contributed by atoms with Crippen molar-refractivity contribution in [3.63, 3.8) is 0 Å². The van der Waals surface area contributed by atoms with Gasteiger partial charge >= 0.3 is 0 Å². The van der Waals surface area contributed by atoms with Crippen LogP contribution in [0.25, 0.3) is 0 Å². The van der Waals surface area contributed by atoms with Crippen LogP contribution in [0.3, 0.4) is 0 Å². The van der Waals surface area contributed by atoms with Crippen molar-refractivity contribution < 1.29 is 9.53 Å². The average molecular weight is 308 g/mol. The smallest absolute Gasteiger partial charge is 0.263 e. The largest absolute Gasteiger partial charge is 0.480 e. The second-order valence-electron chi connectivity index (χ2n) is 5.07. The monoisotopic (exact) mass is 308 g/mol. The first-order valence-electron chi connectivity index (χ1n) is 7.18. The van der Waals surface area contributed by atoms with E-state index in [2.05, 4.69) is 0 Å². The molecule has 0 radical (unpaired) electrons. The van der Waals surface area contributed by atoms with Crippen LogP contribution in [0, 0.1) is 13.8 Å². The molecule has 5 heteroatoms. The second-order valence-corrected chi connectivity index (χ2v) is 5.51. The number of rotatable bonds is 6. The molecule has 1 unspecified atom stereocenters. The molecule has 1 aromatic carbocycles. The highest BCUT2D eigenvalue weighted by Gasteiger charge is 2.21. The van der Waals surface area contributed by atoms with E-state index in [1.807, 2.05) is 39.8 Å². The molecular formula is C16H24N2O2S. The number of aryl methyl sites for hydroxylation is 2. The number of thiocarbonyl (C=S) groups is 1. The molecule has 1 atom stereocenters. The minimum atomic E-state index is -0.516. The Kier molecular flexibility index (Phi) is 6.15. The summed E-state index contributed by atoms with van der Waals surface area (Å²) in [6, 6.07) is 3.78. The molecule has 116 valence electrons. The zero-order valence-corrected chi connectivity index (χ0v) is 14.2. The predicted octanol–water partition coefficient (Wildman–Crippen LogP) is 2.57. The van der Waals surface area contributed by atoms with Gasteiger partial charge in [-0.1, -0.05) is 12.2 Å². The van der Waals surface area contributed by atoms with Crippen LogP contribution >= 0.6 is 12.2 Å². The van der Waals surface area contributed by atoms with Crippen LogP contribution in [-0.2, 0) is 4.79 Å². The van der Waals surface area contributed by atoms with Crippen molar-refractivity contribution in [1.82, 2.24) is 4.90 Å². The third kappa shape index (κ3) is 4.17. The topological polar surface area (TPSA) is 55.6 Å². The number of nitrogens with two attached hydrogens (primary N) is 1. The van der Waals surface area contributed by atoms with E-state index in [9.17, 15) is 4.79 Å². The summed E-state index contributed by atoms with van der Waals surface area (Å²) >= 11 is 5.00. The molecule has 0 aliphatic carbocycles. The van der Waals surface area contributed by atoms with Crippen LogP contribution in [0.15, 0.2) is 12.1 Å². The second kappa shape index (κ2) is 7.41. The molecule has 0 aliphatic rings. The van der Waals surface area contributed by atoms with E-state index < -0.39 is 6.10 Å². The van der Waals surface area contributed by atoms with Gasteiger partial charge in [-0.3, -0.25) is 4.79 Å². The molecule has 4 nitrogen and oxygen atoms in total. The Bertz CT molecular complexity index is 516. The average Bonchev–Trinajstić information content (AvgIpc) is 2.43. The zero-order valence-electron chi connectivity index (χ0n) is 13.4. The third-order valence-corrected chi connectivity index (χ3v) is 3.70. The highest BCUT2D eigenvalue weighted by molar-refractivity contribution is 7.80. The normalized spacial score (nSPS) is 11.9. The SMILES string of the molecule is CCN(CC)C(=O)C(C)Oc1c(C)cc(C(N)=S)cc1C. The van der Waals surface area contributed by atoms with Crippen LogP contribution in [0.2, 0.25) is 0 Å². The lowest BCUT2D eigenvalue weighted by molar-refractivity contribution is -0.137. The number of carbonyl (C=O) groups excluding carboxylic acids is 1. The summed E-state index contributed by atoms with van der Waals surface area (Å²) in [5, 5.41) is 0. The van der Waals surface area contributed by atoms with Gasteiger partial charge in [0.05, 0.1) is 0 Å². The van der Waals surface area contributed by atoms with E-state index in [4.69, 9.17) is 22.7 Å². The van der Waals surface area contributed by atoms with Gasteiger partial charge in [0.15, 0.2) is 6.10 Å². The van der Waals surface area contributed by atoms with Gasteiger partial charge in [-0.2, -0.15) is 0 Å². The molecule has 0 aliphatic heterocycles. The molecule has 21 heavy (non-hydrogen) atoms. The van der Waals surface area contributed by atoms with E-state index in [-0.39, 0.29) is 5.91 Å². The molecule has 0 spiro atoms.